The minimum atomic E-state index is -0.246. The largest absolute Gasteiger partial charge is 0.332 e. The van der Waals surface area contributed by atoms with Crippen molar-refractivity contribution in [2.45, 2.75) is 65.3 Å². The second-order valence-electron chi connectivity index (χ2n) is 11.2. The predicted molar refractivity (Wildman–Crippen MR) is 135 cm³/mol. The number of anilines is 1. The first-order valence-corrected chi connectivity index (χ1v) is 11.9. The Labute approximate surface area is 206 Å². The molecule has 3 heterocycles. The van der Waals surface area contributed by atoms with Crippen LogP contribution in [0.25, 0.3) is 0 Å². The Hall–Kier alpha value is -3.55. The van der Waals surface area contributed by atoms with E-state index in [0.717, 1.165) is 17.0 Å². The highest BCUT2D eigenvalue weighted by Crippen LogP contribution is 2.25. The highest BCUT2D eigenvalue weighted by molar-refractivity contribution is 6.03. The van der Waals surface area contributed by atoms with Gasteiger partial charge in [-0.1, -0.05) is 53.7 Å². The molecule has 1 N–H and O–H groups in total. The quantitative estimate of drug-likeness (QED) is 0.612. The zero-order valence-electron chi connectivity index (χ0n) is 21.6. The summed E-state index contributed by atoms with van der Waals surface area (Å²) in [6, 6.07) is 9.46. The highest BCUT2D eigenvalue weighted by atomic mass is 16.2. The molecule has 3 aromatic rings. The van der Waals surface area contributed by atoms with Crippen LogP contribution in [0.5, 0.6) is 0 Å². The normalized spacial score (nSPS) is 14.0. The van der Waals surface area contributed by atoms with E-state index in [1.165, 1.54) is 5.56 Å². The molecule has 8 heteroatoms. The van der Waals surface area contributed by atoms with E-state index in [1.54, 1.807) is 22.8 Å². The van der Waals surface area contributed by atoms with E-state index in [2.05, 4.69) is 61.9 Å². The van der Waals surface area contributed by atoms with E-state index in [-0.39, 0.29) is 28.6 Å². The zero-order chi connectivity index (χ0) is 25.5. The second-order valence-corrected chi connectivity index (χ2v) is 11.2. The fourth-order valence-corrected chi connectivity index (χ4v) is 4.04. The maximum atomic E-state index is 13.2. The Morgan fingerprint density at radius 1 is 1.00 bits per heavy atom. The van der Waals surface area contributed by atoms with Crippen LogP contribution in [0.2, 0.25) is 0 Å². The molecule has 0 radical (unpaired) electrons. The van der Waals surface area contributed by atoms with Gasteiger partial charge in [-0.2, -0.15) is 5.10 Å². The lowest BCUT2D eigenvalue weighted by Gasteiger charge is -2.28. The van der Waals surface area contributed by atoms with Gasteiger partial charge in [-0.3, -0.25) is 19.6 Å². The Balaban J connectivity index is 1.44. The van der Waals surface area contributed by atoms with Gasteiger partial charge in [-0.25, -0.2) is 9.97 Å². The molecular formula is C27H34N6O2. The minimum absolute atomic E-state index is 0.0253. The van der Waals surface area contributed by atoms with Crippen LogP contribution in [-0.2, 0) is 30.8 Å². The Morgan fingerprint density at radius 2 is 1.69 bits per heavy atom. The molecule has 2 amide bonds. The maximum absolute atomic E-state index is 13.2. The summed E-state index contributed by atoms with van der Waals surface area (Å²) in [5.41, 5.74) is 4.81. The molecule has 0 fully saturated rings. The minimum Gasteiger partial charge on any atom is -0.332 e. The average Bonchev–Trinajstić information content (AvgIpc) is 3.20. The molecule has 1 aliphatic rings. The van der Waals surface area contributed by atoms with Gasteiger partial charge in [0.05, 0.1) is 11.4 Å². The summed E-state index contributed by atoms with van der Waals surface area (Å²) < 4.78 is 1.65. The van der Waals surface area contributed by atoms with Crippen LogP contribution in [0.4, 0.5) is 5.95 Å². The van der Waals surface area contributed by atoms with Gasteiger partial charge < -0.3 is 4.90 Å². The molecule has 0 unspecified atom stereocenters. The first-order chi connectivity index (χ1) is 16.3. The van der Waals surface area contributed by atoms with Gasteiger partial charge >= 0.3 is 0 Å². The zero-order valence-corrected chi connectivity index (χ0v) is 21.6. The molecule has 0 saturated carbocycles. The monoisotopic (exact) mass is 474 g/mol. The summed E-state index contributed by atoms with van der Waals surface area (Å²) in [6.45, 7) is 13.6. The lowest BCUT2D eigenvalue weighted by molar-refractivity contribution is 0.0722. The molecular weight excluding hydrogens is 440 g/mol. The number of amides is 2. The molecule has 2 aromatic heterocycles. The number of hydrogen-bond acceptors (Lipinski definition) is 5. The topological polar surface area (TPSA) is 93.0 Å². The number of benzene rings is 1. The van der Waals surface area contributed by atoms with E-state index >= 15 is 0 Å². The Bertz CT molecular complexity index is 1260. The van der Waals surface area contributed by atoms with E-state index in [1.807, 2.05) is 30.3 Å². The number of aromatic nitrogens is 4. The standard InChI is InChI=1S/C27H34N6O2/c1-26(2,3)19-10-8-17(9-11-19)23(34)30-25-28-15-18-16-33(13-12-20(18)29-25)24(35)21-14-22(27(4,5)6)31-32(21)7/h8-11,14-15H,12-13,16H2,1-7H3,(H,28,29,30,34). The van der Waals surface area contributed by atoms with E-state index < -0.39 is 0 Å². The third-order valence-corrected chi connectivity index (χ3v) is 6.33. The third-order valence-electron chi connectivity index (χ3n) is 6.33. The maximum Gasteiger partial charge on any atom is 0.272 e. The number of aryl methyl sites for hydroxylation is 1. The summed E-state index contributed by atoms with van der Waals surface area (Å²) in [4.78, 5) is 36.6. The summed E-state index contributed by atoms with van der Waals surface area (Å²) >= 11 is 0. The van der Waals surface area contributed by atoms with Gasteiger partial charge in [0.1, 0.15) is 5.69 Å². The van der Waals surface area contributed by atoms with Crippen molar-refractivity contribution in [3.05, 3.63) is 70.3 Å². The number of nitrogens with zero attached hydrogens (tertiary/aromatic N) is 5. The van der Waals surface area contributed by atoms with E-state index in [4.69, 9.17) is 0 Å². The van der Waals surface area contributed by atoms with Gasteiger partial charge in [-0.05, 0) is 29.2 Å². The second kappa shape index (κ2) is 8.91. The van der Waals surface area contributed by atoms with Crippen molar-refractivity contribution < 1.29 is 9.59 Å². The summed E-state index contributed by atoms with van der Waals surface area (Å²) in [7, 11) is 1.80. The van der Waals surface area contributed by atoms with Crippen molar-refractivity contribution in [1.82, 2.24) is 24.6 Å². The van der Waals surface area contributed by atoms with Crippen molar-refractivity contribution in [3.63, 3.8) is 0 Å². The summed E-state index contributed by atoms with van der Waals surface area (Å²) in [5, 5.41) is 7.32. The van der Waals surface area contributed by atoms with Gasteiger partial charge in [0.25, 0.3) is 11.8 Å². The molecule has 0 aliphatic carbocycles. The van der Waals surface area contributed by atoms with Crippen molar-refractivity contribution >= 4 is 17.8 Å². The van der Waals surface area contributed by atoms with Crippen molar-refractivity contribution in [2.24, 2.45) is 7.05 Å². The van der Waals surface area contributed by atoms with Crippen LogP contribution in [0, 0.1) is 0 Å². The van der Waals surface area contributed by atoms with Crippen LogP contribution < -0.4 is 5.32 Å². The van der Waals surface area contributed by atoms with Crippen LogP contribution >= 0.6 is 0 Å². The molecule has 8 nitrogen and oxygen atoms in total. The number of fused-ring (bicyclic) bond motifs is 1. The lowest BCUT2D eigenvalue weighted by atomic mass is 9.87. The number of carbonyl (C=O) groups excluding carboxylic acids is 2. The SMILES string of the molecule is Cn1nc(C(C)(C)C)cc1C(=O)N1CCc2nc(NC(=O)c3ccc(C(C)(C)C)cc3)ncc2C1. The molecule has 0 bridgehead atoms. The smallest absolute Gasteiger partial charge is 0.272 e. The molecule has 0 spiro atoms. The first kappa shape index (κ1) is 24.6. The van der Waals surface area contributed by atoms with Gasteiger partial charge in [0, 0.05) is 49.3 Å². The molecule has 1 aliphatic heterocycles. The predicted octanol–water partition coefficient (Wildman–Crippen LogP) is 4.26. The van der Waals surface area contributed by atoms with E-state index in [0.29, 0.717) is 30.8 Å². The van der Waals surface area contributed by atoms with Gasteiger partial charge in [0.15, 0.2) is 0 Å². The van der Waals surface area contributed by atoms with Crippen LogP contribution in [0.1, 0.15) is 84.9 Å². The molecule has 0 atom stereocenters. The van der Waals surface area contributed by atoms with E-state index in [9.17, 15) is 9.59 Å². The number of nitrogens with one attached hydrogen (secondary N) is 1. The third kappa shape index (κ3) is 5.26. The fraction of sp³-hybridized carbons (Fsp3) is 0.444. The lowest BCUT2D eigenvalue weighted by Crippen LogP contribution is -2.37. The fourth-order valence-electron chi connectivity index (χ4n) is 4.04. The van der Waals surface area contributed by atoms with Crippen molar-refractivity contribution in [2.75, 3.05) is 11.9 Å². The van der Waals surface area contributed by atoms with Crippen molar-refractivity contribution in [1.29, 1.82) is 0 Å². The molecule has 4 rings (SSSR count). The molecule has 1 aromatic carbocycles. The number of rotatable bonds is 3. The summed E-state index contributed by atoms with van der Waals surface area (Å²) in [6.07, 6.45) is 2.29. The average molecular weight is 475 g/mol. The van der Waals surface area contributed by atoms with Crippen LogP contribution in [0.15, 0.2) is 36.5 Å². The molecule has 35 heavy (non-hydrogen) atoms. The molecule has 184 valence electrons. The van der Waals surface area contributed by atoms with Crippen LogP contribution in [-0.4, -0.2) is 43.0 Å². The summed E-state index contributed by atoms with van der Waals surface area (Å²) in [5.74, 6) is -0.0315. The van der Waals surface area contributed by atoms with Crippen LogP contribution in [0.3, 0.4) is 0 Å². The van der Waals surface area contributed by atoms with Gasteiger partial charge in [-0.15, -0.1) is 0 Å². The number of hydrogen-bond donors (Lipinski definition) is 1. The van der Waals surface area contributed by atoms with Gasteiger partial charge in [0.2, 0.25) is 5.95 Å². The Morgan fingerprint density at radius 3 is 2.29 bits per heavy atom. The first-order valence-electron chi connectivity index (χ1n) is 11.9. The number of carbonyl (C=O) groups is 2. The van der Waals surface area contributed by atoms with Crippen molar-refractivity contribution in [3.8, 4) is 0 Å². The molecule has 0 saturated heterocycles. The Kier molecular flexibility index (Phi) is 6.25. The highest BCUT2D eigenvalue weighted by Gasteiger charge is 2.28.